The molecule has 0 unspecified atom stereocenters. The quantitative estimate of drug-likeness (QED) is 0.788. The molecule has 0 spiro atoms. The van der Waals surface area contributed by atoms with E-state index in [1.165, 1.54) is 0 Å². The van der Waals surface area contributed by atoms with E-state index in [9.17, 15) is 13.2 Å². The Labute approximate surface area is 137 Å². The summed E-state index contributed by atoms with van der Waals surface area (Å²) in [7, 11) is 0. The molecule has 0 bridgehead atoms. The van der Waals surface area contributed by atoms with E-state index in [2.05, 4.69) is 15.3 Å². The molecule has 0 saturated heterocycles. The van der Waals surface area contributed by atoms with Gasteiger partial charge in [-0.3, -0.25) is 5.32 Å². The minimum absolute atomic E-state index is 0. The molecule has 3 rings (SSSR count). The van der Waals surface area contributed by atoms with Crippen LogP contribution in [-0.2, 0) is 0 Å². The van der Waals surface area contributed by atoms with Gasteiger partial charge in [-0.25, -0.2) is 9.97 Å². The van der Waals surface area contributed by atoms with Crippen molar-refractivity contribution in [3.63, 3.8) is 0 Å². The Morgan fingerprint density at radius 2 is 1.83 bits per heavy atom. The molecule has 1 aliphatic rings. The highest BCUT2D eigenvalue weighted by atomic mass is 35.5. The smallest absolute Gasteiger partial charge is 0.405 e. The topological polar surface area (TPSA) is 54.4 Å². The molecule has 1 aromatic heterocycles. The van der Waals surface area contributed by atoms with E-state index in [0.717, 1.165) is 11.3 Å². The van der Waals surface area contributed by atoms with E-state index in [0.29, 0.717) is 17.2 Å². The number of nitrogens with one attached hydrogen (secondary N) is 1. The molecule has 0 fully saturated rings. The number of hydrogen-bond acceptors (Lipinski definition) is 3. The van der Waals surface area contributed by atoms with Gasteiger partial charge in [0.15, 0.2) is 5.82 Å². The number of aryl methyl sites for hydroxylation is 1. The summed E-state index contributed by atoms with van der Waals surface area (Å²) in [6.07, 6.45) is -2.43. The van der Waals surface area contributed by atoms with E-state index < -0.39 is 12.7 Å². The van der Waals surface area contributed by atoms with Crippen LogP contribution in [0.15, 0.2) is 30.3 Å². The van der Waals surface area contributed by atoms with Gasteiger partial charge in [0, 0.05) is 11.6 Å². The normalized spacial score (nSPS) is 13.1. The maximum absolute atomic E-state index is 12.4. The van der Waals surface area contributed by atoms with Gasteiger partial charge in [0.2, 0.25) is 5.69 Å². The molecule has 2 aromatic rings. The first-order chi connectivity index (χ1) is 10.4. The summed E-state index contributed by atoms with van der Waals surface area (Å²) in [6, 6.07) is 9.61. The average molecular weight is 343 g/mol. The highest BCUT2D eigenvalue weighted by molar-refractivity contribution is 5.85. The zero-order chi connectivity index (χ0) is 15.7. The Kier molecular flexibility index (Phi) is 4.91. The van der Waals surface area contributed by atoms with Crippen LogP contribution in [0.4, 0.5) is 24.7 Å². The number of anilines is 1. The first-order valence-electron chi connectivity index (χ1n) is 6.73. The molecule has 0 atom stereocenters. The number of nitrogens with two attached hydrogens (primary N) is 1. The molecule has 0 radical (unpaired) electrons. The fraction of sp³-hybridized carbons (Fsp3) is 0.200. The zero-order valence-corrected chi connectivity index (χ0v) is 12.9. The summed E-state index contributed by atoms with van der Waals surface area (Å²) in [5.74, 6) is 0.643. The molecular formula is C15H14ClF3N4. The number of rotatable bonds is 3. The standard InChI is InChI=1S/C15H13F3N4.ClH/c1-9-20-12-7-11(10-5-3-2-4-6-10)22-13(12)14(21-9)19-8-15(16,17)18;/h2-7,22H,8H2,1H3,(H,19,20,21);1H. The van der Waals surface area contributed by atoms with Crippen molar-refractivity contribution in [2.45, 2.75) is 13.1 Å². The number of benzene rings is 1. The summed E-state index contributed by atoms with van der Waals surface area (Å²) < 4.78 is 37.2. The van der Waals surface area contributed by atoms with Crippen molar-refractivity contribution < 1.29 is 30.9 Å². The van der Waals surface area contributed by atoms with Crippen LogP contribution in [0.25, 0.3) is 11.8 Å². The van der Waals surface area contributed by atoms with E-state index in [1.54, 1.807) is 6.92 Å². The van der Waals surface area contributed by atoms with Gasteiger partial charge < -0.3 is 17.7 Å². The lowest BCUT2D eigenvalue weighted by Gasteiger charge is -2.11. The van der Waals surface area contributed by atoms with Crippen molar-refractivity contribution in [1.82, 2.24) is 9.97 Å². The molecule has 3 N–H and O–H groups in total. The van der Waals surface area contributed by atoms with Crippen molar-refractivity contribution in [2.75, 3.05) is 11.9 Å². The Morgan fingerprint density at radius 1 is 1.13 bits per heavy atom. The monoisotopic (exact) mass is 342 g/mol. The van der Waals surface area contributed by atoms with Crippen LogP contribution in [0.1, 0.15) is 17.1 Å². The highest BCUT2D eigenvalue weighted by Crippen LogP contribution is 2.28. The van der Waals surface area contributed by atoms with Crippen molar-refractivity contribution in [2.24, 2.45) is 0 Å². The zero-order valence-electron chi connectivity index (χ0n) is 12.2. The number of quaternary nitrogens is 1. The van der Waals surface area contributed by atoms with Gasteiger partial charge in [-0.05, 0) is 19.1 Å². The Balaban J connectivity index is 0.00000192. The van der Waals surface area contributed by atoms with Gasteiger partial charge in [0.05, 0.1) is 0 Å². The molecule has 8 heteroatoms. The second-order valence-electron chi connectivity index (χ2n) is 5.00. The van der Waals surface area contributed by atoms with Gasteiger partial charge >= 0.3 is 6.18 Å². The maximum atomic E-state index is 12.4. The van der Waals surface area contributed by atoms with Gasteiger partial charge in [0.25, 0.3) is 0 Å². The molecule has 4 nitrogen and oxygen atoms in total. The van der Waals surface area contributed by atoms with Crippen molar-refractivity contribution in [3.05, 3.63) is 47.4 Å². The second kappa shape index (κ2) is 6.55. The van der Waals surface area contributed by atoms with E-state index in [-0.39, 0.29) is 18.2 Å². The third kappa shape index (κ3) is 4.00. The van der Waals surface area contributed by atoms with Crippen LogP contribution >= 0.6 is 0 Å². The molecule has 122 valence electrons. The van der Waals surface area contributed by atoms with Crippen molar-refractivity contribution in [1.29, 1.82) is 0 Å². The Hall–Kier alpha value is -2.12. The molecule has 0 aliphatic carbocycles. The largest absolute Gasteiger partial charge is 1.00 e. The van der Waals surface area contributed by atoms with Crippen LogP contribution in [0.3, 0.4) is 0 Å². The van der Waals surface area contributed by atoms with Crippen molar-refractivity contribution in [3.8, 4) is 0 Å². The number of aromatic nitrogens is 2. The summed E-state index contributed by atoms with van der Waals surface area (Å²) in [6.45, 7) is 0.539. The second-order valence-corrected chi connectivity index (χ2v) is 5.00. The third-order valence-electron chi connectivity index (χ3n) is 3.24. The van der Waals surface area contributed by atoms with E-state index >= 15 is 0 Å². The van der Waals surface area contributed by atoms with Crippen LogP contribution in [0.2, 0.25) is 0 Å². The molecule has 0 amide bonds. The highest BCUT2D eigenvalue weighted by Gasteiger charge is 2.30. The summed E-state index contributed by atoms with van der Waals surface area (Å²) in [4.78, 5) is 8.38. The Bertz CT molecular complexity index is 729. The fourth-order valence-corrected chi connectivity index (χ4v) is 2.32. The van der Waals surface area contributed by atoms with Gasteiger partial charge in [0.1, 0.15) is 23.8 Å². The van der Waals surface area contributed by atoms with Gasteiger partial charge in [-0.2, -0.15) is 13.2 Å². The number of alkyl halides is 3. The Morgan fingerprint density at radius 3 is 2.48 bits per heavy atom. The lowest BCUT2D eigenvalue weighted by molar-refractivity contribution is -0.464. The minimum atomic E-state index is -4.29. The number of halogens is 4. The van der Waals surface area contributed by atoms with E-state index in [4.69, 9.17) is 0 Å². The lowest BCUT2D eigenvalue weighted by Crippen LogP contribution is -3.00. The SMILES string of the molecule is Cc1nc2c(c(NCC(F)(F)F)n1)[NH2+]C(c1ccccc1)=C2.[Cl-]. The number of nitrogens with zero attached hydrogens (tertiary/aromatic N) is 2. The maximum Gasteiger partial charge on any atom is 0.405 e. The predicted octanol–water partition coefficient (Wildman–Crippen LogP) is -0.530. The van der Waals surface area contributed by atoms with Crippen molar-refractivity contribution >= 4 is 23.3 Å². The van der Waals surface area contributed by atoms with Gasteiger partial charge in [-0.1, -0.05) is 18.2 Å². The van der Waals surface area contributed by atoms with Crippen LogP contribution in [0.5, 0.6) is 0 Å². The van der Waals surface area contributed by atoms with E-state index in [1.807, 2.05) is 41.7 Å². The summed E-state index contributed by atoms with van der Waals surface area (Å²) in [5.41, 5.74) is 3.12. The lowest BCUT2D eigenvalue weighted by atomic mass is 10.1. The van der Waals surface area contributed by atoms with Gasteiger partial charge in [-0.15, -0.1) is 0 Å². The molecule has 1 aromatic carbocycles. The molecular weight excluding hydrogens is 329 g/mol. The average Bonchev–Trinajstić information content (AvgIpc) is 2.88. The number of fused-ring (bicyclic) bond motifs is 1. The third-order valence-corrected chi connectivity index (χ3v) is 3.24. The first-order valence-corrected chi connectivity index (χ1v) is 6.73. The van der Waals surface area contributed by atoms with Crippen LogP contribution < -0.4 is 23.0 Å². The minimum Gasteiger partial charge on any atom is -1.00 e. The molecule has 0 saturated carbocycles. The predicted molar refractivity (Wildman–Crippen MR) is 77.2 cm³/mol. The number of hydrogen-bond donors (Lipinski definition) is 2. The molecule has 23 heavy (non-hydrogen) atoms. The van der Waals surface area contributed by atoms with Crippen LogP contribution in [0, 0.1) is 6.92 Å². The fourth-order valence-electron chi connectivity index (χ4n) is 2.32. The first kappa shape index (κ1) is 17.2. The summed E-state index contributed by atoms with van der Waals surface area (Å²) in [5, 5.41) is 4.17. The summed E-state index contributed by atoms with van der Waals surface area (Å²) >= 11 is 0. The molecule has 2 heterocycles. The van der Waals surface area contributed by atoms with Crippen LogP contribution in [-0.4, -0.2) is 22.7 Å². The molecule has 1 aliphatic heterocycles.